The van der Waals surface area contributed by atoms with Crippen molar-refractivity contribution in [2.24, 2.45) is 5.92 Å². The van der Waals surface area contributed by atoms with Crippen molar-refractivity contribution in [2.75, 3.05) is 24.8 Å². The maximum absolute atomic E-state index is 5.80. The van der Waals surface area contributed by atoms with Gasteiger partial charge in [-0.3, -0.25) is 4.98 Å². The molecule has 0 bridgehead atoms. The number of hydrogen-bond acceptors (Lipinski definition) is 5. The van der Waals surface area contributed by atoms with Crippen LogP contribution < -0.4 is 9.64 Å². The van der Waals surface area contributed by atoms with Gasteiger partial charge in [0.1, 0.15) is 10.8 Å². The van der Waals surface area contributed by atoms with Crippen LogP contribution in [0, 0.1) is 19.8 Å². The van der Waals surface area contributed by atoms with Gasteiger partial charge >= 0.3 is 0 Å². The average Bonchev–Trinajstić information content (AvgIpc) is 3.55. The molecule has 33 heavy (non-hydrogen) atoms. The largest absolute Gasteiger partial charge is 0.496 e. The fourth-order valence-electron chi connectivity index (χ4n) is 4.63. The number of fused-ring (bicyclic) bond motifs is 1. The standard InChI is InChI=1S/C27H30N4OS/c1-18-14-19(2)25(24(15-18)32-3)22-6-5-7-23-26(27(33-4)29-31(22)23)30(16-20-8-9-20)17-21-10-12-28-13-11-21/h5-7,10-15,20H,8-9,16-17H2,1-4H3. The summed E-state index contributed by atoms with van der Waals surface area (Å²) in [7, 11) is 1.74. The van der Waals surface area contributed by atoms with Crippen LogP contribution in [0.3, 0.4) is 0 Å². The van der Waals surface area contributed by atoms with Gasteiger partial charge in [0, 0.05) is 31.0 Å². The Hall–Kier alpha value is -2.99. The first-order chi connectivity index (χ1) is 16.1. The fraction of sp³-hybridized carbons (Fsp3) is 0.333. The molecule has 3 heterocycles. The first kappa shape index (κ1) is 21.8. The van der Waals surface area contributed by atoms with E-state index in [4.69, 9.17) is 9.84 Å². The van der Waals surface area contributed by atoms with Gasteiger partial charge in [-0.15, -0.1) is 11.8 Å². The first-order valence-electron chi connectivity index (χ1n) is 11.4. The van der Waals surface area contributed by atoms with Crippen molar-refractivity contribution in [1.29, 1.82) is 0 Å². The Bertz CT molecular complexity index is 1280. The average molecular weight is 459 g/mol. The molecule has 0 N–H and O–H groups in total. The Balaban J connectivity index is 1.68. The van der Waals surface area contributed by atoms with Crippen LogP contribution in [0.2, 0.25) is 0 Å². The Labute approximate surface area is 199 Å². The molecule has 4 aromatic rings. The SMILES string of the molecule is COc1cc(C)cc(C)c1-c1cccc2c(N(Cc3ccncc3)CC3CC3)c(SC)nn12. The van der Waals surface area contributed by atoms with Crippen LogP contribution in [-0.2, 0) is 6.54 Å². The van der Waals surface area contributed by atoms with E-state index in [0.717, 1.165) is 46.6 Å². The van der Waals surface area contributed by atoms with Gasteiger partial charge in [-0.2, -0.15) is 5.10 Å². The molecule has 1 aliphatic carbocycles. The number of ether oxygens (including phenoxy) is 1. The number of pyridine rings is 2. The molecule has 0 aliphatic heterocycles. The minimum atomic E-state index is 0.763. The van der Waals surface area contributed by atoms with Crippen LogP contribution in [0.15, 0.2) is 59.9 Å². The molecule has 0 amide bonds. The third kappa shape index (κ3) is 4.32. The maximum Gasteiger partial charge on any atom is 0.142 e. The number of nitrogens with zero attached hydrogens (tertiary/aromatic N) is 4. The van der Waals surface area contributed by atoms with E-state index in [1.54, 1.807) is 18.9 Å². The third-order valence-electron chi connectivity index (χ3n) is 6.33. The molecule has 3 aromatic heterocycles. The highest BCUT2D eigenvalue weighted by atomic mass is 32.2. The van der Waals surface area contributed by atoms with E-state index in [1.165, 1.54) is 35.2 Å². The number of anilines is 1. The van der Waals surface area contributed by atoms with E-state index in [9.17, 15) is 0 Å². The van der Waals surface area contributed by atoms with Gasteiger partial charge in [-0.05, 0) is 85.9 Å². The zero-order valence-electron chi connectivity index (χ0n) is 19.7. The van der Waals surface area contributed by atoms with Crippen LogP contribution in [0.4, 0.5) is 5.69 Å². The summed E-state index contributed by atoms with van der Waals surface area (Å²) >= 11 is 1.71. The van der Waals surface area contributed by atoms with Crippen molar-refractivity contribution in [3.8, 4) is 17.0 Å². The van der Waals surface area contributed by atoms with E-state index >= 15 is 0 Å². The molecular formula is C27H30N4OS. The number of aromatic nitrogens is 3. The summed E-state index contributed by atoms with van der Waals surface area (Å²) in [6, 6.07) is 15.0. The highest BCUT2D eigenvalue weighted by molar-refractivity contribution is 7.98. The molecule has 0 atom stereocenters. The van der Waals surface area contributed by atoms with E-state index in [2.05, 4.69) is 77.0 Å². The number of benzene rings is 1. The summed E-state index contributed by atoms with van der Waals surface area (Å²) in [4.78, 5) is 6.72. The lowest BCUT2D eigenvalue weighted by molar-refractivity contribution is 0.415. The maximum atomic E-state index is 5.80. The lowest BCUT2D eigenvalue weighted by Gasteiger charge is -2.25. The lowest BCUT2D eigenvalue weighted by Crippen LogP contribution is -2.25. The Morgan fingerprint density at radius 1 is 1.12 bits per heavy atom. The first-order valence-corrected chi connectivity index (χ1v) is 12.7. The molecule has 1 saturated carbocycles. The minimum absolute atomic E-state index is 0.763. The van der Waals surface area contributed by atoms with Crippen molar-refractivity contribution in [3.63, 3.8) is 0 Å². The van der Waals surface area contributed by atoms with Crippen molar-refractivity contribution < 1.29 is 4.74 Å². The number of aryl methyl sites for hydroxylation is 2. The molecule has 0 spiro atoms. The Morgan fingerprint density at radius 3 is 2.61 bits per heavy atom. The second kappa shape index (κ2) is 9.10. The molecule has 1 fully saturated rings. The summed E-state index contributed by atoms with van der Waals surface area (Å²) < 4.78 is 7.90. The number of thioether (sulfide) groups is 1. The number of hydrogen-bond donors (Lipinski definition) is 0. The zero-order valence-corrected chi connectivity index (χ0v) is 20.5. The van der Waals surface area contributed by atoms with Gasteiger partial charge in [0.15, 0.2) is 0 Å². The Kier molecular flexibility index (Phi) is 6.02. The molecule has 1 aliphatic rings. The van der Waals surface area contributed by atoms with Gasteiger partial charge in [-0.25, -0.2) is 4.52 Å². The molecule has 5 nitrogen and oxygen atoms in total. The second-order valence-corrected chi connectivity index (χ2v) is 9.70. The van der Waals surface area contributed by atoms with E-state index in [1.807, 2.05) is 12.4 Å². The quantitative estimate of drug-likeness (QED) is 0.296. The van der Waals surface area contributed by atoms with E-state index in [-0.39, 0.29) is 0 Å². The summed E-state index contributed by atoms with van der Waals surface area (Å²) in [5.41, 5.74) is 8.15. The summed E-state index contributed by atoms with van der Waals surface area (Å²) in [5, 5.41) is 6.16. The summed E-state index contributed by atoms with van der Waals surface area (Å²) in [6.45, 7) is 6.15. The van der Waals surface area contributed by atoms with Gasteiger partial charge in [0.05, 0.1) is 24.0 Å². The summed E-state index contributed by atoms with van der Waals surface area (Å²) in [6.07, 6.45) is 8.49. The van der Waals surface area contributed by atoms with E-state index < -0.39 is 0 Å². The van der Waals surface area contributed by atoms with Crippen LogP contribution in [-0.4, -0.2) is 34.5 Å². The minimum Gasteiger partial charge on any atom is -0.496 e. The highest BCUT2D eigenvalue weighted by Gasteiger charge is 2.28. The monoisotopic (exact) mass is 458 g/mol. The topological polar surface area (TPSA) is 42.7 Å². The molecule has 5 rings (SSSR count). The van der Waals surface area contributed by atoms with Crippen molar-refractivity contribution in [3.05, 3.63) is 71.5 Å². The van der Waals surface area contributed by atoms with Gasteiger partial charge < -0.3 is 9.64 Å². The van der Waals surface area contributed by atoms with Crippen LogP contribution >= 0.6 is 11.8 Å². The van der Waals surface area contributed by atoms with Crippen LogP contribution in [0.25, 0.3) is 16.8 Å². The molecule has 0 unspecified atom stereocenters. The predicted molar refractivity (Wildman–Crippen MR) is 136 cm³/mol. The number of rotatable bonds is 8. The molecule has 170 valence electrons. The van der Waals surface area contributed by atoms with Crippen molar-refractivity contribution >= 4 is 23.0 Å². The molecular weight excluding hydrogens is 428 g/mol. The van der Waals surface area contributed by atoms with Gasteiger partial charge in [-0.1, -0.05) is 12.1 Å². The van der Waals surface area contributed by atoms with Gasteiger partial charge in [0.25, 0.3) is 0 Å². The van der Waals surface area contributed by atoms with Crippen LogP contribution in [0.1, 0.15) is 29.5 Å². The van der Waals surface area contributed by atoms with Crippen molar-refractivity contribution in [1.82, 2.24) is 14.6 Å². The molecule has 0 saturated heterocycles. The zero-order chi connectivity index (χ0) is 22.9. The smallest absolute Gasteiger partial charge is 0.142 e. The molecule has 1 aromatic carbocycles. The molecule has 0 radical (unpaired) electrons. The Morgan fingerprint density at radius 2 is 1.91 bits per heavy atom. The van der Waals surface area contributed by atoms with Crippen molar-refractivity contribution in [2.45, 2.75) is 38.3 Å². The summed E-state index contributed by atoms with van der Waals surface area (Å²) in [5.74, 6) is 1.65. The molecule has 6 heteroatoms. The van der Waals surface area contributed by atoms with Crippen LogP contribution in [0.5, 0.6) is 5.75 Å². The number of methoxy groups -OCH3 is 1. The second-order valence-electron chi connectivity index (χ2n) is 8.90. The van der Waals surface area contributed by atoms with E-state index in [0.29, 0.717) is 0 Å². The fourth-order valence-corrected chi connectivity index (χ4v) is 5.22. The van der Waals surface area contributed by atoms with Gasteiger partial charge in [0.2, 0.25) is 0 Å². The third-order valence-corrected chi connectivity index (χ3v) is 6.99. The lowest BCUT2D eigenvalue weighted by atomic mass is 10.0. The predicted octanol–water partition coefficient (Wildman–Crippen LogP) is 6.16. The highest BCUT2D eigenvalue weighted by Crippen LogP contribution is 2.41. The normalized spacial score (nSPS) is 13.5.